The number of anilines is 1. The highest BCUT2D eigenvalue weighted by Gasteiger charge is 2.37. The molecule has 0 aliphatic carbocycles. The maximum absolute atomic E-state index is 13.2. The van der Waals surface area contributed by atoms with Crippen LogP contribution in [0.4, 0.5) is 5.69 Å². The lowest BCUT2D eigenvalue weighted by molar-refractivity contribution is -0.123. The van der Waals surface area contributed by atoms with Gasteiger partial charge in [-0.05, 0) is 56.9 Å². The predicted molar refractivity (Wildman–Crippen MR) is 98.0 cm³/mol. The fourth-order valence-corrected chi connectivity index (χ4v) is 5.69. The molecule has 2 aliphatic heterocycles. The summed E-state index contributed by atoms with van der Waals surface area (Å²) in [4.78, 5) is 25.3. The van der Waals surface area contributed by atoms with E-state index in [1.54, 1.807) is 30.0 Å². The molecule has 2 aliphatic rings. The first-order valence-corrected chi connectivity index (χ1v) is 10.4. The van der Waals surface area contributed by atoms with E-state index in [1.807, 2.05) is 6.92 Å². The second-order valence-electron chi connectivity index (χ2n) is 7.20. The zero-order chi connectivity index (χ0) is 19.1. The molecule has 8 heteroatoms. The Labute approximate surface area is 154 Å². The summed E-state index contributed by atoms with van der Waals surface area (Å²) >= 11 is 0. The molecule has 3 rings (SSSR count). The smallest absolute Gasteiger partial charge is 0.243 e. The first kappa shape index (κ1) is 18.8. The molecule has 0 aromatic heterocycles. The van der Waals surface area contributed by atoms with Crippen LogP contribution >= 0.6 is 0 Å². The number of carbonyl (C=O) groups is 2. The Hall–Kier alpha value is -1.93. The molecule has 26 heavy (non-hydrogen) atoms. The van der Waals surface area contributed by atoms with E-state index in [9.17, 15) is 18.0 Å². The molecule has 2 N–H and O–H groups in total. The van der Waals surface area contributed by atoms with Crippen molar-refractivity contribution in [2.24, 2.45) is 11.7 Å². The molecule has 0 radical (unpaired) electrons. The van der Waals surface area contributed by atoms with Gasteiger partial charge in [0.2, 0.25) is 21.8 Å². The Kier molecular flexibility index (Phi) is 5.07. The number of carbonyl (C=O) groups excluding carboxylic acids is 2. The highest BCUT2D eigenvalue weighted by Crippen LogP contribution is 2.31. The fraction of sp³-hybridized carbons (Fsp3) is 0.556. The second-order valence-corrected chi connectivity index (χ2v) is 9.06. The Morgan fingerprint density at radius 1 is 1.27 bits per heavy atom. The van der Waals surface area contributed by atoms with Crippen molar-refractivity contribution in [3.05, 3.63) is 23.8 Å². The van der Waals surface area contributed by atoms with E-state index >= 15 is 0 Å². The monoisotopic (exact) mass is 379 g/mol. The maximum atomic E-state index is 13.2. The number of aryl methyl sites for hydroxylation is 1. The van der Waals surface area contributed by atoms with Gasteiger partial charge in [0.15, 0.2) is 0 Å². The normalized spacial score (nSPS) is 24.8. The van der Waals surface area contributed by atoms with E-state index in [2.05, 4.69) is 0 Å². The summed E-state index contributed by atoms with van der Waals surface area (Å²) in [6, 6.07) is 4.81. The van der Waals surface area contributed by atoms with Crippen molar-refractivity contribution in [3.63, 3.8) is 0 Å². The number of benzene rings is 1. The molecule has 0 bridgehead atoms. The molecule has 1 aromatic rings. The highest BCUT2D eigenvalue weighted by atomic mass is 32.2. The van der Waals surface area contributed by atoms with Gasteiger partial charge in [0, 0.05) is 31.2 Å². The molecule has 0 saturated carbocycles. The number of sulfonamides is 1. The number of piperidine rings is 1. The lowest BCUT2D eigenvalue weighted by atomic mass is 9.95. The van der Waals surface area contributed by atoms with Crippen molar-refractivity contribution in [2.45, 2.75) is 50.5 Å². The number of nitrogens with zero attached hydrogens (tertiary/aromatic N) is 2. The molecule has 142 valence electrons. The molecule has 0 spiro atoms. The van der Waals surface area contributed by atoms with Crippen LogP contribution in [0.15, 0.2) is 23.1 Å². The molecule has 7 nitrogen and oxygen atoms in total. The van der Waals surface area contributed by atoms with Gasteiger partial charge in [-0.2, -0.15) is 4.31 Å². The van der Waals surface area contributed by atoms with E-state index in [4.69, 9.17) is 5.73 Å². The third-order valence-corrected chi connectivity index (χ3v) is 7.50. The average molecular weight is 379 g/mol. The van der Waals surface area contributed by atoms with Crippen LogP contribution < -0.4 is 10.6 Å². The minimum Gasteiger partial charge on any atom is -0.369 e. The molecule has 2 heterocycles. The Balaban J connectivity index is 1.91. The van der Waals surface area contributed by atoms with E-state index < -0.39 is 21.8 Å². The van der Waals surface area contributed by atoms with Crippen LogP contribution in [0, 0.1) is 12.8 Å². The second kappa shape index (κ2) is 7.00. The van der Waals surface area contributed by atoms with E-state index in [0.717, 1.165) is 12.1 Å². The van der Waals surface area contributed by atoms with Crippen LogP contribution in [0.5, 0.6) is 0 Å². The Morgan fingerprint density at radius 2 is 2.00 bits per heavy atom. The van der Waals surface area contributed by atoms with Crippen LogP contribution in [0.25, 0.3) is 0 Å². The molecule has 1 aromatic carbocycles. The number of hydrogen-bond acceptors (Lipinski definition) is 4. The van der Waals surface area contributed by atoms with Gasteiger partial charge in [0.05, 0.1) is 10.8 Å². The summed E-state index contributed by atoms with van der Waals surface area (Å²) in [7, 11) is -3.74. The number of rotatable bonds is 4. The third kappa shape index (κ3) is 3.35. The summed E-state index contributed by atoms with van der Waals surface area (Å²) in [6.45, 7) is 4.36. The summed E-state index contributed by atoms with van der Waals surface area (Å²) in [6.07, 6.45) is 2.56. The predicted octanol–water partition coefficient (Wildman–Crippen LogP) is 1.40. The first-order chi connectivity index (χ1) is 12.2. The molecular weight excluding hydrogens is 354 g/mol. The minimum atomic E-state index is -3.74. The summed E-state index contributed by atoms with van der Waals surface area (Å²) in [5.74, 6) is -0.853. The third-order valence-electron chi connectivity index (χ3n) is 5.36. The lowest BCUT2D eigenvalue weighted by Gasteiger charge is -2.36. The fourth-order valence-electron chi connectivity index (χ4n) is 3.78. The molecule has 2 fully saturated rings. The number of hydrogen-bond donors (Lipinski definition) is 1. The van der Waals surface area contributed by atoms with Gasteiger partial charge in [-0.15, -0.1) is 0 Å². The number of primary amides is 1. The Morgan fingerprint density at radius 3 is 2.58 bits per heavy atom. The molecule has 2 amide bonds. The van der Waals surface area contributed by atoms with E-state index in [-0.39, 0.29) is 23.4 Å². The van der Waals surface area contributed by atoms with Gasteiger partial charge in [0.1, 0.15) is 0 Å². The molecule has 2 atom stereocenters. The molecular formula is C18H25N3O4S. The van der Waals surface area contributed by atoms with E-state index in [1.165, 1.54) is 4.31 Å². The van der Waals surface area contributed by atoms with Crippen LogP contribution in [-0.2, 0) is 19.6 Å². The van der Waals surface area contributed by atoms with Gasteiger partial charge in [-0.25, -0.2) is 8.42 Å². The van der Waals surface area contributed by atoms with Crippen molar-refractivity contribution >= 4 is 27.5 Å². The topological polar surface area (TPSA) is 101 Å². The first-order valence-electron chi connectivity index (χ1n) is 8.94. The molecule has 2 saturated heterocycles. The van der Waals surface area contributed by atoms with Gasteiger partial charge in [-0.1, -0.05) is 0 Å². The summed E-state index contributed by atoms with van der Waals surface area (Å²) in [5.41, 5.74) is 6.71. The largest absolute Gasteiger partial charge is 0.369 e. The molecule has 2 unspecified atom stereocenters. The van der Waals surface area contributed by atoms with Crippen molar-refractivity contribution in [1.82, 2.24) is 4.31 Å². The quantitative estimate of drug-likeness (QED) is 0.854. The van der Waals surface area contributed by atoms with Gasteiger partial charge in [0.25, 0.3) is 0 Å². The van der Waals surface area contributed by atoms with Gasteiger partial charge in [-0.3, -0.25) is 9.59 Å². The zero-order valence-corrected chi connectivity index (χ0v) is 16.0. The van der Waals surface area contributed by atoms with Crippen molar-refractivity contribution < 1.29 is 18.0 Å². The van der Waals surface area contributed by atoms with Crippen LogP contribution in [0.3, 0.4) is 0 Å². The van der Waals surface area contributed by atoms with Crippen LogP contribution in [-0.4, -0.2) is 43.7 Å². The number of amides is 2. The standard InChI is InChI=1S/C18H25N3O4S/c1-12-10-15(20-9-3-4-17(20)22)7-8-16(12)26(24,25)21-11-14(18(19)23)6-5-13(21)2/h7-8,10,13-14H,3-6,9,11H2,1-2H3,(H2,19,23). The van der Waals surface area contributed by atoms with Crippen LogP contribution in [0.2, 0.25) is 0 Å². The zero-order valence-electron chi connectivity index (χ0n) is 15.1. The summed E-state index contributed by atoms with van der Waals surface area (Å²) in [5, 5.41) is 0. The van der Waals surface area contributed by atoms with E-state index in [0.29, 0.717) is 31.4 Å². The average Bonchev–Trinajstić information content (AvgIpc) is 3.00. The van der Waals surface area contributed by atoms with Gasteiger partial charge >= 0.3 is 0 Å². The van der Waals surface area contributed by atoms with Crippen LogP contribution in [0.1, 0.15) is 38.2 Å². The Bertz CT molecular complexity index is 837. The lowest BCUT2D eigenvalue weighted by Crippen LogP contribution is -2.48. The number of nitrogens with two attached hydrogens (primary N) is 1. The minimum absolute atomic E-state index is 0.0639. The van der Waals surface area contributed by atoms with Gasteiger partial charge < -0.3 is 10.6 Å². The van der Waals surface area contributed by atoms with Crippen molar-refractivity contribution in [1.29, 1.82) is 0 Å². The van der Waals surface area contributed by atoms with Crippen molar-refractivity contribution in [2.75, 3.05) is 18.0 Å². The summed E-state index contributed by atoms with van der Waals surface area (Å²) < 4.78 is 27.7. The maximum Gasteiger partial charge on any atom is 0.243 e. The highest BCUT2D eigenvalue weighted by molar-refractivity contribution is 7.89. The SMILES string of the molecule is Cc1cc(N2CCCC2=O)ccc1S(=O)(=O)N1CC(C(N)=O)CCC1C. The van der Waals surface area contributed by atoms with Crippen molar-refractivity contribution in [3.8, 4) is 0 Å².